The van der Waals surface area contributed by atoms with Crippen LogP contribution >= 0.6 is 0 Å². The van der Waals surface area contributed by atoms with Crippen LogP contribution in [0.25, 0.3) is 11.5 Å². The monoisotopic (exact) mass is 326 g/mol. The Hall–Kier alpha value is -3.23. The van der Waals surface area contributed by atoms with Crippen LogP contribution < -0.4 is 5.69 Å². The number of hydrogen-bond acceptors (Lipinski definition) is 6. The molecule has 1 amide bonds. The Kier molecular flexibility index (Phi) is 3.45. The van der Waals surface area contributed by atoms with Crippen LogP contribution in [0, 0.1) is 0 Å². The lowest BCUT2D eigenvalue weighted by atomic mass is 10.2. The van der Waals surface area contributed by atoms with E-state index in [0.29, 0.717) is 24.0 Å². The van der Waals surface area contributed by atoms with Crippen molar-refractivity contribution in [1.82, 2.24) is 30.0 Å². The van der Waals surface area contributed by atoms with E-state index in [2.05, 4.69) is 25.1 Å². The number of H-pyrrole nitrogens is 2. The molecule has 122 valence electrons. The first-order valence-electron chi connectivity index (χ1n) is 7.56. The van der Waals surface area contributed by atoms with Gasteiger partial charge in [-0.2, -0.15) is 4.98 Å². The second-order valence-corrected chi connectivity index (χ2v) is 5.48. The Balaban J connectivity index is 1.60. The van der Waals surface area contributed by atoms with Gasteiger partial charge in [-0.1, -0.05) is 11.2 Å². The zero-order chi connectivity index (χ0) is 16.5. The third kappa shape index (κ3) is 2.49. The molecule has 0 unspecified atom stereocenters. The number of amides is 1. The van der Waals surface area contributed by atoms with Crippen molar-refractivity contribution in [3.05, 3.63) is 52.7 Å². The van der Waals surface area contributed by atoms with Crippen LogP contribution in [0.5, 0.6) is 0 Å². The minimum atomic E-state index is -0.413. The molecular formula is C15H14N6O3. The Morgan fingerprint density at radius 3 is 3.04 bits per heavy atom. The highest BCUT2D eigenvalue weighted by Gasteiger charge is 2.35. The molecule has 0 aliphatic carbocycles. The summed E-state index contributed by atoms with van der Waals surface area (Å²) in [7, 11) is 0. The number of carbonyl (C=O) groups excluding carboxylic acids is 1. The van der Waals surface area contributed by atoms with E-state index < -0.39 is 5.69 Å². The minimum Gasteiger partial charge on any atom is -0.337 e. The van der Waals surface area contributed by atoms with Gasteiger partial charge in [0.15, 0.2) is 0 Å². The summed E-state index contributed by atoms with van der Waals surface area (Å²) < 4.78 is 5.35. The summed E-state index contributed by atoms with van der Waals surface area (Å²) in [6.07, 6.45) is 4.57. The van der Waals surface area contributed by atoms with Crippen LogP contribution in [0.3, 0.4) is 0 Å². The average Bonchev–Trinajstić information content (AvgIpc) is 3.34. The van der Waals surface area contributed by atoms with Crippen molar-refractivity contribution >= 4 is 5.91 Å². The molecule has 9 heteroatoms. The number of nitrogens with zero attached hydrogens (tertiary/aromatic N) is 4. The van der Waals surface area contributed by atoms with Crippen molar-refractivity contribution in [2.24, 2.45) is 0 Å². The SMILES string of the molecule is O=C(c1c[nH]c(=O)[nH]1)N1CCC[C@@H]1c1nc(-c2ccccn2)no1. The number of rotatable bonds is 3. The molecule has 1 fully saturated rings. The molecule has 1 aliphatic heterocycles. The number of likely N-dealkylation sites (tertiary alicyclic amines) is 1. The lowest BCUT2D eigenvalue weighted by Gasteiger charge is -2.20. The fourth-order valence-corrected chi connectivity index (χ4v) is 2.84. The summed E-state index contributed by atoms with van der Waals surface area (Å²) in [5.41, 5.74) is 0.416. The second-order valence-electron chi connectivity index (χ2n) is 5.48. The fourth-order valence-electron chi connectivity index (χ4n) is 2.84. The molecule has 4 rings (SSSR count). The Morgan fingerprint density at radius 1 is 1.38 bits per heavy atom. The first kappa shape index (κ1) is 14.4. The van der Waals surface area contributed by atoms with Crippen LogP contribution in [0.1, 0.15) is 35.3 Å². The van der Waals surface area contributed by atoms with E-state index in [9.17, 15) is 9.59 Å². The van der Waals surface area contributed by atoms with Crippen LogP contribution in [-0.2, 0) is 0 Å². The highest BCUT2D eigenvalue weighted by molar-refractivity contribution is 5.92. The average molecular weight is 326 g/mol. The number of hydrogen-bond donors (Lipinski definition) is 2. The van der Waals surface area contributed by atoms with Crippen LogP contribution in [0.4, 0.5) is 0 Å². The summed E-state index contributed by atoms with van der Waals surface area (Å²) in [6.45, 7) is 0.567. The summed E-state index contributed by atoms with van der Waals surface area (Å²) in [6, 6.07) is 5.13. The minimum absolute atomic E-state index is 0.219. The molecule has 1 saturated heterocycles. The van der Waals surface area contributed by atoms with Gasteiger partial charge >= 0.3 is 5.69 Å². The number of imidazole rings is 1. The standard InChI is InChI=1S/C15H14N6O3/c22-14(10-8-17-15(23)18-10)21-7-3-5-11(21)13-19-12(20-24-13)9-4-1-2-6-16-9/h1-2,4,6,8,11H,3,5,7H2,(H2,17,18,23)/t11-/m1/s1. The Morgan fingerprint density at radius 2 is 2.29 bits per heavy atom. The van der Waals surface area contributed by atoms with Gasteiger partial charge in [0.1, 0.15) is 17.4 Å². The molecule has 2 N–H and O–H groups in total. The van der Waals surface area contributed by atoms with E-state index in [-0.39, 0.29) is 17.6 Å². The quantitative estimate of drug-likeness (QED) is 0.744. The van der Waals surface area contributed by atoms with Gasteiger partial charge in [0.05, 0.1) is 0 Å². The molecule has 0 radical (unpaired) electrons. The van der Waals surface area contributed by atoms with Crippen molar-refractivity contribution < 1.29 is 9.32 Å². The van der Waals surface area contributed by atoms with Gasteiger partial charge in [-0.15, -0.1) is 0 Å². The fraction of sp³-hybridized carbons (Fsp3) is 0.267. The summed E-state index contributed by atoms with van der Waals surface area (Å²) in [5.74, 6) is 0.493. The highest BCUT2D eigenvalue weighted by Crippen LogP contribution is 2.32. The molecule has 1 aliphatic rings. The third-order valence-electron chi connectivity index (χ3n) is 3.96. The van der Waals surface area contributed by atoms with Crippen molar-refractivity contribution in [3.8, 4) is 11.5 Å². The van der Waals surface area contributed by atoms with Crippen molar-refractivity contribution in [2.45, 2.75) is 18.9 Å². The largest absolute Gasteiger partial charge is 0.337 e. The number of pyridine rings is 1. The number of carbonyl (C=O) groups is 1. The third-order valence-corrected chi connectivity index (χ3v) is 3.96. The molecule has 3 aromatic heterocycles. The molecule has 0 spiro atoms. The van der Waals surface area contributed by atoms with Crippen LogP contribution in [-0.4, -0.2) is 42.4 Å². The Labute approximate surface area is 135 Å². The summed E-state index contributed by atoms with van der Waals surface area (Å²) >= 11 is 0. The molecule has 4 heterocycles. The first-order valence-corrected chi connectivity index (χ1v) is 7.56. The maximum absolute atomic E-state index is 12.6. The van der Waals surface area contributed by atoms with Gasteiger partial charge in [-0.25, -0.2) is 4.79 Å². The van der Waals surface area contributed by atoms with Gasteiger partial charge < -0.3 is 19.4 Å². The number of aromatic nitrogens is 5. The molecule has 0 bridgehead atoms. The van der Waals surface area contributed by atoms with Gasteiger partial charge in [-0.05, 0) is 25.0 Å². The highest BCUT2D eigenvalue weighted by atomic mass is 16.5. The second kappa shape index (κ2) is 5.76. The number of aromatic amines is 2. The van der Waals surface area contributed by atoms with Gasteiger partial charge in [-0.3, -0.25) is 9.78 Å². The van der Waals surface area contributed by atoms with E-state index >= 15 is 0 Å². The topological polar surface area (TPSA) is 121 Å². The molecular weight excluding hydrogens is 312 g/mol. The van der Waals surface area contributed by atoms with E-state index in [1.54, 1.807) is 23.2 Å². The molecule has 0 saturated carbocycles. The maximum atomic E-state index is 12.6. The van der Waals surface area contributed by atoms with Crippen molar-refractivity contribution in [3.63, 3.8) is 0 Å². The van der Waals surface area contributed by atoms with Crippen molar-refractivity contribution in [2.75, 3.05) is 6.54 Å². The lowest BCUT2D eigenvalue weighted by Crippen LogP contribution is -2.31. The van der Waals surface area contributed by atoms with Crippen LogP contribution in [0.2, 0.25) is 0 Å². The molecule has 0 aromatic carbocycles. The van der Waals surface area contributed by atoms with Gasteiger partial charge in [0, 0.05) is 18.9 Å². The van der Waals surface area contributed by atoms with E-state index in [4.69, 9.17) is 4.52 Å². The lowest BCUT2D eigenvalue weighted by molar-refractivity contribution is 0.0704. The number of nitrogens with one attached hydrogen (secondary N) is 2. The molecule has 24 heavy (non-hydrogen) atoms. The summed E-state index contributed by atoms with van der Waals surface area (Å²) in [4.78, 5) is 38.9. The molecule has 3 aromatic rings. The van der Waals surface area contributed by atoms with Gasteiger partial charge in [0.2, 0.25) is 11.7 Å². The van der Waals surface area contributed by atoms with E-state index in [1.807, 2.05) is 6.07 Å². The zero-order valence-corrected chi connectivity index (χ0v) is 12.6. The Bertz CT molecular complexity index is 912. The maximum Gasteiger partial charge on any atom is 0.323 e. The molecule has 1 atom stereocenters. The van der Waals surface area contributed by atoms with Crippen molar-refractivity contribution in [1.29, 1.82) is 0 Å². The predicted octanol–water partition coefficient (Wildman–Crippen LogP) is 1.13. The zero-order valence-electron chi connectivity index (χ0n) is 12.6. The van der Waals surface area contributed by atoms with Crippen LogP contribution in [0.15, 0.2) is 39.9 Å². The summed E-state index contributed by atoms with van der Waals surface area (Å²) in [5, 5.41) is 3.95. The normalized spacial score (nSPS) is 17.3. The van der Waals surface area contributed by atoms with E-state index in [1.165, 1.54) is 6.20 Å². The predicted molar refractivity (Wildman–Crippen MR) is 82.0 cm³/mol. The molecule has 9 nitrogen and oxygen atoms in total. The van der Waals surface area contributed by atoms with E-state index in [0.717, 1.165) is 12.8 Å². The van der Waals surface area contributed by atoms with Gasteiger partial charge in [0.25, 0.3) is 5.91 Å². The first-order chi connectivity index (χ1) is 11.7. The smallest absolute Gasteiger partial charge is 0.323 e.